The molecule has 0 aromatic heterocycles. The van der Waals surface area contributed by atoms with Gasteiger partial charge in [0, 0.05) is 18.5 Å². The largest absolute Gasteiger partial charge is 0.287 e. The van der Waals surface area contributed by atoms with Crippen LogP contribution >= 0.6 is 0 Å². The molecule has 1 amide bonds. The van der Waals surface area contributed by atoms with E-state index in [4.69, 9.17) is 5.26 Å². The van der Waals surface area contributed by atoms with Crippen LogP contribution in [0.2, 0.25) is 0 Å². The molecule has 1 heterocycles. The van der Waals surface area contributed by atoms with Crippen LogP contribution in [-0.4, -0.2) is 17.5 Å². The number of hydrogen-bond acceptors (Lipinski definition) is 3. The first kappa shape index (κ1) is 10.6. The fraction of sp³-hybridized carbons (Fsp3) is 0.273. The van der Waals surface area contributed by atoms with Crippen molar-refractivity contribution in [3.05, 3.63) is 35.6 Å². The second kappa shape index (κ2) is 4.29. The zero-order chi connectivity index (χ0) is 11.5. The van der Waals surface area contributed by atoms with Crippen LogP contribution in [0.25, 0.3) is 0 Å². The molecule has 16 heavy (non-hydrogen) atoms. The zero-order valence-corrected chi connectivity index (χ0v) is 8.48. The molecule has 5 heteroatoms. The normalized spacial score (nSPS) is 17.9. The smallest absolute Gasteiger partial charge is 0.235 e. The van der Waals surface area contributed by atoms with E-state index in [9.17, 15) is 9.18 Å². The second-order valence-electron chi connectivity index (χ2n) is 3.53. The average Bonchev–Trinajstić information content (AvgIpc) is 2.69. The molecular weight excluding hydrogens is 209 g/mol. The van der Waals surface area contributed by atoms with Gasteiger partial charge in [-0.1, -0.05) is 18.2 Å². The number of halogens is 1. The van der Waals surface area contributed by atoms with Gasteiger partial charge in [-0.15, -0.1) is 0 Å². The maximum atomic E-state index is 13.5. The highest BCUT2D eigenvalue weighted by atomic mass is 19.1. The number of benzene rings is 1. The van der Waals surface area contributed by atoms with Gasteiger partial charge in [0.15, 0.2) is 0 Å². The SMILES string of the molecule is N#CC(c1ccccc1F)N1CCC(=O)N1. The number of carbonyl (C=O) groups is 1. The van der Waals surface area contributed by atoms with Crippen molar-refractivity contribution in [1.82, 2.24) is 10.4 Å². The Hall–Kier alpha value is -1.93. The number of carbonyl (C=O) groups excluding carboxylic acids is 1. The molecule has 0 bridgehead atoms. The number of nitriles is 1. The average molecular weight is 219 g/mol. The van der Waals surface area contributed by atoms with Crippen LogP contribution in [0.1, 0.15) is 18.0 Å². The molecule has 1 unspecified atom stereocenters. The van der Waals surface area contributed by atoms with Crippen molar-refractivity contribution in [2.45, 2.75) is 12.5 Å². The van der Waals surface area contributed by atoms with Gasteiger partial charge in [0.05, 0.1) is 6.07 Å². The van der Waals surface area contributed by atoms with Crippen LogP contribution in [0.5, 0.6) is 0 Å². The van der Waals surface area contributed by atoms with Crippen LogP contribution in [0.4, 0.5) is 4.39 Å². The van der Waals surface area contributed by atoms with Gasteiger partial charge in [-0.3, -0.25) is 10.2 Å². The molecule has 1 aliphatic heterocycles. The Balaban J connectivity index is 2.27. The van der Waals surface area contributed by atoms with Crippen LogP contribution in [0.15, 0.2) is 24.3 Å². The summed E-state index contributed by atoms with van der Waals surface area (Å²) in [5, 5.41) is 10.5. The monoisotopic (exact) mass is 219 g/mol. The zero-order valence-electron chi connectivity index (χ0n) is 8.48. The molecule has 0 saturated carbocycles. The Morgan fingerprint density at radius 3 is 2.81 bits per heavy atom. The minimum atomic E-state index is -0.771. The summed E-state index contributed by atoms with van der Waals surface area (Å²) in [5.74, 6) is -0.577. The predicted molar refractivity (Wildman–Crippen MR) is 54.2 cm³/mol. The van der Waals surface area contributed by atoms with Crippen LogP contribution in [0, 0.1) is 17.1 Å². The van der Waals surface area contributed by atoms with Gasteiger partial charge in [0.1, 0.15) is 11.9 Å². The van der Waals surface area contributed by atoms with Gasteiger partial charge >= 0.3 is 0 Å². The van der Waals surface area contributed by atoms with Gasteiger partial charge in [-0.25, -0.2) is 4.39 Å². The van der Waals surface area contributed by atoms with Crippen molar-refractivity contribution in [3.63, 3.8) is 0 Å². The minimum absolute atomic E-state index is 0.142. The molecule has 1 aliphatic rings. The summed E-state index contributed by atoms with van der Waals surface area (Å²) in [6, 6.07) is 7.31. The van der Waals surface area contributed by atoms with Gasteiger partial charge in [0.2, 0.25) is 5.91 Å². The Morgan fingerprint density at radius 1 is 1.50 bits per heavy atom. The molecule has 0 radical (unpaired) electrons. The van der Waals surface area contributed by atoms with Crippen LogP contribution < -0.4 is 5.43 Å². The lowest BCUT2D eigenvalue weighted by atomic mass is 10.1. The van der Waals surface area contributed by atoms with E-state index in [1.165, 1.54) is 11.1 Å². The molecular formula is C11H10FN3O. The molecule has 82 valence electrons. The predicted octanol–water partition coefficient (Wildman–Crippen LogP) is 1.13. The van der Waals surface area contributed by atoms with E-state index >= 15 is 0 Å². The molecule has 1 aromatic carbocycles. The van der Waals surface area contributed by atoms with E-state index in [-0.39, 0.29) is 11.5 Å². The van der Waals surface area contributed by atoms with Crippen molar-refractivity contribution in [3.8, 4) is 6.07 Å². The number of nitrogens with zero attached hydrogens (tertiary/aromatic N) is 2. The molecule has 1 aromatic rings. The van der Waals surface area contributed by atoms with Gasteiger partial charge in [-0.05, 0) is 6.07 Å². The summed E-state index contributed by atoms with van der Waals surface area (Å²) < 4.78 is 13.5. The van der Waals surface area contributed by atoms with E-state index in [1.807, 2.05) is 6.07 Å². The maximum Gasteiger partial charge on any atom is 0.235 e. The summed E-state index contributed by atoms with van der Waals surface area (Å²) in [5.41, 5.74) is 2.82. The summed E-state index contributed by atoms with van der Waals surface area (Å²) in [4.78, 5) is 11.0. The van der Waals surface area contributed by atoms with Crippen molar-refractivity contribution in [2.24, 2.45) is 0 Å². The second-order valence-corrected chi connectivity index (χ2v) is 3.53. The molecule has 1 atom stereocenters. The highest BCUT2D eigenvalue weighted by molar-refractivity contribution is 5.77. The fourth-order valence-electron chi connectivity index (χ4n) is 1.69. The standard InChI is InChI=1S/C11H10FN3O/c12-9-4-2-1-3-8(9)10(7-13)15-6-5-11(16)14-15/h1-4,10H,5-6H2,(H,14,16). The first-order valence-corrected chi connectivity index (χ1v) is 4.92. The lowest BCUT2D eigenvalue weighted by Gasteiger charge is -2.21. The Kier molecular flexibility index (Phi) is 2.84. The number of hydrogen-bond donors (Lipinski definition) is 1. The molecule has 1 saturated heterocycles. The van der Waals surface area contributed by atoms with Crippen LogP contribution in [-0.2, 0) is 4.79 Å². The van der Waals surface area contributed by atoms with Gasteiger partial charge < -0.3 is 0 Å². The van der Waals surface area contributed by atoms with Crippen molar-refractivity contribution in [1.29, 1.82) is 5.26 Å². The Labute approximate surface area is 92.2 Å². The number of amides is 1. The van der Waals surface area contributed by atoms with E-state index < -0.39 is 11.9 Å². The molecule has 2 rings (SSSR count). The van der Waals surface area contributed by atoms with Crippen molar-refractivity contribution < 1.29 is 9.18 Å². The maximum absolute atomic E-state index is 13.5. The third-order valence-electron chi connectivity index (χ3n) is 2.48. The summed E-state index contributed by atoms with van der Waals surface area (Å²) in [6.45, 7) is 0.422. The molecule has 1 N–H and O–H groups in total. The first-order valence-electron chi connectivity index (χ1n) is 4.92. The molecule has 0 aliphatic carbocycles. The third kappa shape index (κ3) is 1.88. The molecule has 1 fully saturated rings. The summed E-state index contributed by atoms with van der Waals surface area (Å²) in [6.07, 6.45) is 0.340. The van der Waals surface area contributed by atoms with Crippen LogP contribution in [0.3, 0.4) is 0 Å². The van der Waals surface area contributed by atoms with E-state index in [0.29, 0.717) is 13.0 Å². The summed E-state index contributed by atoms with van der Waals surface area (Å²) >= 11 is 0. The number of rotatable bonds is 2. The first-order chi connectivity index (χ1) is 7.72. The third-order valence-corrected chi connectivity index (χ3v) is 2.48. The topological polar surface area (TPSA) is 56.1 Å². The Morgan fingerprint density at radius 2 is 2.25 bits per heavy atom. The fourth-order valence-corrected chi connectivity index (χ4v) is 1.69. The lowest BCUT2D eigenvalue weighted by molar-refractivity contribution is -0.121. The highest BCUT2D eigenvalue weighted by Gasteiger charge is 2.28. The van der Waals surface area contributed by atoms with E-state index in [2.05, 4.69) is 5.43 Å². The van der Waals surface area contributed by atoms with E-state index in [0.717, 1.165) is 0 Å². The molecule has 4 nitrogen and oxygen atoms in total. The van der Waals surface area contributed by atoms with E-state index in [1.54, 1.807) is 18.2 Å². The van der Waals surface area contributed by atoms with Crippen molar-refractivity contribution >= 4 is 5.91 Å². The quantitative estimate of drug-likeness (QED) is 0.811. The highest BCUT2D eigenvalue weighted by Crippen LogP contribution is 2.23. The molecule has 0 spiro atoms. The minimum Gasteiger partial charge on any atom is -0.287 e. The van der Waals surface area contributed by atoms with Gasteiger partial charge in [0.25, 0.3) is 0 Å². The number of hydrazine groups is 1. The van der Waals surface area contributed by atoms with Gasteiger partial charge in [-0.2, -0.15) is 10.3 Å². The lowest BCUT2D eigenvalue weighted by Crippen LogP contribution is -2.36. The summed E-state index contributed by atoms with van der Waals surface area (Å²) in [7, 11) is 0. The number of nitrogens with one attached hydrogen (secondary N) is 1. The van der Waals surface area contributed by atoms with Crippen molar-refractivity contribution in [2.75, 3.05) is 6.54 Å². The Bertz CT molecular complexity index is 455.